The molecule has 21 heavy (non-hydrogen) atoms. The number of nitrogens with two attached hydrogens (primary N) is 1. The molecule has 0 saturated carbocycles. The Kier molecular flexibility index (Phi) is 6.88. The molecular weight excluding hydrogens is 268 g/mol. The van der Waals surface area contributed by atoms with Crippen molar-refractivity contribution in [2.45, 2.75) is 51.7 Å². The average Bonchev–Trinajstić information content (AvgIpc) is 2.49. The van der Waals surface area contributed by atoms with Crippen LogP contribution in [0.3, 0.4) is 0 Å². The van der Waals surface area contributed by atoms with Crippen LogP contribution in [0, 0.1) is 0 Å². The summed E-state index contributed by atoms with van der Waals surface area (Å²) in [6.45, 7) is 4.49. The smallest absolute Gasteiger partial charge is 0.303 e. The van der Waals surface area contributed by atoms with Crippen LogP contribution in [0.1, 0.15) is 38.7 Å². The third-order valence-electron chi connectivity index (χ3n) is 3.59. The number of carboxylic acids is 1. The minimum absolute atomic E-state index is 0.0635. The second kappa shape index (κ2) is 8.42. The molecule has 1 amide bonds. The van der Waals surface area contributed by atoms with Gasteiger partial charge in [0.05, 0.1) is 6.04 Å². The molecular formula is C16H24N2O3. The maximum absolute atomic E-state index is 12.5. The Bertz CT molecular complexity index is 462. The van der Waals surface area contributed by atoms with Gasteiger partial charge in [-0.1, -0.05) is 37.3 Å². The second-order valence-electron chi connectivity index (χ2n) is 5.25. The fourth-order valence-electron chi connectivity index (χ4n) is 2.07. The molecule has 0 spiro atoms. The minimum atomic E-state index is -0.934. The number of benzene rings is 1. The van der Waals surface area contributed by atoms with Crippen LogP contribution in [-0.4, -0.2) is 34.0 Å². The van der Waals surface area contributed by atoms with Crippen LogP contribution in [0.15, 0.2) is 30.3 Å². The maximum Gasteiger partial charge on any atom is 0.303 e. The van der Waals surface area contributed by atoms with E-state index in [2.05, 4.69) is 0 Å². The van der Waals surface area contributed by atoms with Crippen molar-refractivity contribution in [2.75, 3.05) is 0 Å². The summed E-state index contributed by atoms with van der Waals surface area (Å²) in [4.78, 5) is 24.8. The number of carbonyl (C=O) groups is 2. The van der Waals surface area contributed by atoms with Gasteiger partial charge in [0.2, 0.25) is 5.91 Å². The maximum atomic E-state index is 12.5. The lowest BCUT2D eigenvalue weighted by Crippen LogP contribution is -2.47. The first-order valence-corrected chi connectivity index (χ1v) is 7.27. The van der Waals surface area contributed by atoms with Gasteiger partial charge in [0, 0.05) is 19.0 Å². The monoisotopic (exact) mass is 292 g/mol. The molecule has 0 aromatic heterocycles. The van der Waals surface area contributed by atoms with Gasteiger partial charge < -0.3 is 15.7 Å². The van der Waals surface area contributed by atoms with E-state index in [4.69, 9.17) is 10.8 Å². The molecule has 2 unspecified atom stereocenters. The van der Waals surface area contributed by atoms with Crippen LogP contribution >= 0.6 is 0 Å². The highest BCUT2D eigenvalue weighted by Gasteiger charge is 2.25. The van der Waals surface area contributed by atoms with Crippen molar-refractivity contribution < 1.29 is 14.7 Å². The molecule has 0 bridgehead atoms. The number of hydrogen-bond acceptors (Lipinski definition) is 3. The zero-order valence-electron chi connectivity index (χ0n) is 12.7. The molecule has 2 atom stereocenters. The third kappa shape index (κ3) is 5.55. The molecule has 0 aliphatic rings. The summed E-state index contributed by atoms with van der Waals surface area (Å²) in [5.41, 5.74) is 6.90. The zero-order chi connectivity index (χ0) is 15.8. The molecule has 5 nitrogen and oxygen atoms in total. The van der Waals surface area contributed by atoms with Crippen molar-refractivity contribution in [1.82, 2.24) is 4.90 Å². The van der Waals surface area contributed by atoms with Gasteiger partial charge in [-0.25, -0.2) is 0 Å². The number of aliphatic carboxylic acids is 1. The molecule has 0 saturated heterocycles. The topological polar surface area (TPSA) is 83.6 Å². The van der Waals surface area contributed by atoms with Gasteiger partial charge in [0.15, 0.2) is 0 Å². The lowest BCUT2D eigenvalue weighted by atomic mass is 10.1. The molecule has 3 N–H and O–H groups in total. The van der Waals surface area contributed by atoms with Crippen molar-refractivity contribution in [3.05, 3.63) is 35.9 Å². The Hall–Kier alpha value is -1.88. The van der Waals surface area contributed by atoms with E-state index < -0.39 is 12.0 Å². The van der Waals surface area contributed by atoms with Gasteiger partial charge >= 0.3 is 5.97 Å². The summed E-state index contributed by atoms with van der Waals surface area (Å²) in [5.74, 6) is -1.12. The highest BCUT2D eigenvalue weighted by atomic mass is 16.4. The molecule has 1 aromatic carbocycles. The fraction of sp³-hybridized carbons (Fsp3) is 0.500. The highest BCUT2D eigenvalue weighted by Crippen LogP contribution is 2.13. The zero-order valence-corrected chi connectivity index (χ0v) is 12.7. The van der Waals surface area contributed by atoms with Crippen LogP contribution < -0.4 is 5.73 Å². The van der Waals surface area contributed by atoms with E-state index >= 15 is 0 Å². The molecule has 5 heteroatoms. The van der Waals surface area contributed by atoms with E-state index in [0.717, 1.165) is 12.0 Å². The van der Waals surface area contributed by atoms with Gasteiger partial charge in [0.25, 0.3) is 0 Å². The van der Waals surface area contributed by atoms with Gasteiger partial charge in [0.1, 0.15) is 0 Å². The summed E-state index contributed by atoms with van der Waals surface area (Å²) in [7, 11) is 0. The summed E-state index contributed by atoms with van der Waals surface area (Å²) in [5, 5.41) is 8.69. The van der Waals surface area contributed by atoms with E-state index in [-0.39, 0.29) is 24.8 Å². The molecule has 0 aliphatic heterocycles. The van der Waals surface area contributed by atoms with E-state index in [1.54, 1.807) is 4.90 Å². The van der Waals surface area contributed by atoms with Crippen LogP contribution in [0.2, 0.25) is 0 Å². The van der Waals surface area contributed by atoms with Gasteiger partial charge in [-0.15, -0.1) is 0 Å². The minimum Gasteiger partial charge on any atom is -0.481 e. The van der Waals surface area contributed by atoms with Crippen molar-refractivity contribution >= 4 is 11.9 Å². The number of carbonyl (C=O) groups excluding carboxylic acids is 1. The average molecular weight is 292 g/mol. The predicted molar refractivity (Wildman–Crippen MR) is 81.6 cm³/mol. The Morgan fingerprint density at radius 1 is 1.29 bits per heavy atom. The SMILES string of the molecule is CCC(C)N(Cc1ccccc1)C(=O)C(N)CCC(=O)O. The normalized spacial score (nSPS) is 13.5. The molecule has 0 heterocycles. The number of nitrogens with zero attached hydrogens (tertiary/aromatic N) is 1. The first kappa shape index (κ1) is 17.2. The van der Waals surface area contributed by atoms with E-state index in [1.807, 2.05) is 44.2 Å². The molecule has 0 aliphatic carbocycles. The van der Waals surface area contributed by atoms with E-state index in [0.29, 0.717) is 6.54 Å². The lowest BCUT2D eigenvalue weighted by Gasteiger charge is -2.31. The highest BCUT2D eigenvalue weighted by molar-refractivity contribution is 5.82. The molecule has 0 radical (unpaired) electrons. The van der Waals surface area contributed by atoms with Crippen LogP contribution in [0.5, 0.6) is 0 Å². The number of amides is 1. The summed E-state index contributed by atoms with van der Waals surface area (Å²) >= 11 is 0. The number of rotatable bonds is 8. The Morgan fingerprint density at radius 3 is 2.43 bits per heavy atom. The fourth-order valence-corrected chi connectivity index (χ4v) is 2.07. The van der Waals surface area contributed by atoms with E-state index in [9.17, 15) is 9.59 Å². The Labute approximate surface area is 125 Å². The quantitative estimate of drug-likeness (QED) is 0.767. The first-order chi connectivity index (χ1) is 9.95. The first-order valence-electron chi connectivity index (χ1n) is 7.27. The van der Waals surface area contributed by atoms with Crippen LogP contribution in [-0.2, 0) is 16.1 Å². The Morgan fingerprint density at radius 2 is 1.90 bits per heavy atom. The number of hydrogen-bond donors (Lipinski definition) is 2. The van der Waals surface area contributed by atoms with Crippen molar-refractivity contribution in [2.24, 2.45) is 5.73 Å². The van der Waals surface area contributed by atoms with Crippen molar-refractivity contribution in [3.63, 3.8) is 0 Å². The van der Waals surface area contributed by atoms with Gasteiger partial charge in [-0.3, -0.25) is 9.59 Å². The van der Waals surface area contributed by atoms with Gasteiger partial charge in [-0.05, 0) is 25.3 Å². The largest absolute Gasteiger partial charge is 0.481 e. The molecule has 116 valence electrons. The van der Waals surface area contributed by atoms with Gasteiger partial charge in [-0.2, -0.15) is 0 Å². The number of carboxylic acid groups (broad SMARTS) is 1. The molecule has 1 aromatic rings. The van der Waals surface area contributed by atoms with Crippen molar-refractivity contribution in [3.8, 4) is 0 Å². The molecule has 1 rings (SSSR count). The summed E-state index contributed by atoms with van der Waals surface area (Å²) in [6.07, 6.45) is 0.896. The summed E-state index contributed by atoms with van der Waals surface area (Å²) < 4.78 is 0. The lowest BCUT2D eigenvalue weighted by molar-refractivity contribution is -0.138. The molecule has 0 fully saturated rings. The Balaban J connectivity index is 2.77. The van der Waals surface area contributed by atoms with Crippen molar-refractivity contribution in [1.29, 1.82) is 0 Å². The second-order valence-corrected chi connectivity index (χ2v) is 5.25. The van der Waals surface area contributed by atoms with E-state index in [1.165, 1.54) is 0 Å². The van der Waals surface area contributed by atoms with Crippen LogP contribution in [0.25, 0.3) is 0 Å². The third-order valence-corrected chi connectivity index (χ3v) is 3.59. The standard InChI is InChI=1S/C16H24N2O3/c1-3-12(2)18(11-13-7-5-4-6-8-13)16(21)14(17)9-10-15(19)20/h4-8,12,14H,3,9-11,17H2,1-2H3,(H,19,20). The van der Waals surface area contributed by atoms with Crippen LogP contribution in [0.4, 0.5) is 0 Å². The summed E-state index contributed by atoms with van der Waals surface area (Å²) in [6, 6.07) is 9.01. The predicted octanol–water partition coefficient (Wildman–Crippen LogP) is 2.01.